The molecule has 0 aromatic carbocycles. The number of nitrogens with zero attached hydrogens (tertiary/aromatic N) is 2. The van der Waals surface area contributed by atoms with Gasteiger partial charge in [-0.1, -0.05) is 6.92 Å². The molecule has 1 aliphatic heterocycles. The lowest BCUT2D eigenvalue weighted by Crippen LogP contribution is -2.40. The molecule has 2 N–H and O–H groups in total. The van der Waals surface area contributed by atoms with E-state index in [-0.39, 0.29) is 24.3 Å². The van der Waals surface area contributed by atoms with Crippen LogP contribution in [-0.4, -0.2) is 38.8 Å². The number of H-pyrrole nitrogens is 1. The van der Waals surface area contributed by atoms with Crippen molar-refractivity contribution in [2.45, 2.75) is 38.8 Å². The molecule has 2 heterocycles. The standard InChI is InChI=1S/C11H16N4O2/c1-3-7(2)15-9(16)6-8(10(15)17)14-11-12-4-5-13-11/h4-5,7-8H,3,6H2,1-2H3,(H2,12,13,14). The lowest BCUT2D eigenvalue weighted by Gasteiger charge is -2.21. The van der Waals surface area contributed by atoms with Gasteiger partial charge >= 0.3 is 0 Å². The molecule has 6 heteroatoms. The minimum Gasteiger partial charge on any atom is -0.343 e. The van der Waals surface area contributed by atoms with Crippen molar-refractivity contribution in [3.63, 3.8) is 0 Å². The van der Waals surface area contributed by atoms with Crippen molar-refractivity contribution in [3.8, 4) is 0 Å². The number of amides is 2. The van der Waals surface area contributed by atoms with Gasteiger partial charge in [0.15, 0.2) is 0 Å². The third kappa shape index (κ3) is 2.15. The molecule has 0 saturated carbocycles. The van der Waals surface area contributed by atoms with Crippen molar-refractivity contribution >= 4 is 17.8 Å². The van der Waals surface area contributed by atoms with Gasteiger partial charge in [0.25, 0.3) is 5.91 Å². The van der Waals surface area contributed by atoms with Crippen molar-refractivity contribution in [1.82, 2.24) is 14.9 Å². The molecular formula is C11H16N4O2. The van der Waals surface area contributed by atoms with Crippen LogP contribution < -0.4 is 5.32 Å². The number of likely N-dealkylation sites (tertiary alicyclic amines) is 1. The van der Waals surface area contributed by atoms with Crippen LogP contribution in [0.15, 0.2) is 12.4 Å². The Labute approximate surface area is 99.4 Å². The molecule has 1 saturated heterocycles. The van der Waals surface area contributed by atoms with E-state index in [2.05, 4.69) is 15.3 Å². The normalized spacial score (nSPS) is 22.0. The second kappa shape index (κ2) is 4.57. The molecule has 6 nitrogen and oxygen atoms in total. The fourth-order valence-electron chi connectivity index (χ4n) is 1.92. The molecule has 17 heavy (non-hydrogen) atoms. The summed E-state index contributed by atoms with van der Waals surface area (Å²) in [6.07, 6.45) is 4.22. The number of hydrogen-bond acceptors (Lipinski definition) is 4. The Balaban J connectivity index is 2.08. The van der Waals surface area contributed by atoms with E-state index >= 15 is 0 Å². The zero-order valence-electron chi connectivity index (χ0n) is 9.93. The Kier molecular flexibility index (Phi) is 3.12. The lowest BCUT2D eigenvalue weighted by molar-refractivity contribution is -0.140. The van der Waals surface area contributed by atoms with Gasteiger partial charge in [-0.05, 0) is 13.3 Å². The first-order valence-corrected chi connectivity index (χ1v) is 5.75. The highest BCUT2D eigenvalue weighted by Gasteiger charge is 2.40. The van der Waals surface area contributed by atoms with Gasteiger partial charge in [0, 0.05) is 18.4 Å². The summed E-state index contributed by atoms with van der Waals surface area (Å²) in [6.45, 7) is 3.84. The smallest absolute Gasteiger partial charge is 0.252 e. The van der Waals surface area contributed by atoms with Gasteiger partial charge in [0.2, 0.25) is 11.9 Å². The molecule has 2 rings (SSSR count). The van der Waals surface area contributed by atoms with Crippen LogP contribution >= 0.6 is 0 Å². The number of aromatic amines is 1. The molecule has 0 spiro atoms. The van der Waals surface area contributed by atoms with Gasteiger partial charge in [0.05, 0.1) is 6.42 Å². The third-order valence-corrected chi connectivity index (χ3v) is 3.02. The lowest BCUT2D eigenvalue weighted by atomic mass is 10.2. The number of nitrogens with one attached hydrogen (secondary N) is 2. The molecule has 2 unspecified atom stereocenters. The molecule has 0 radical (unpaired) electrons. The quantitative estimate of drug-likeness (QED) is 0.756. The second-order valence-electron chi connectivity index (χ2n) is 4.20. The number of carbonyl (C=O) groups is 2. The topological polar surface area (TPSA) is 78.1 Å². The van der Waals surface area contributed by atoms with E-state index in [1.54, 1.807) is 12.4 Å². The zero-order chi connectivity index (χ0) is 12.4. The van der Waals surface area contributed by atoms with E-state index < -0.39 is 6.04 Å². The predicted octanol–water partition coefficient (Wildman–Crippen LogP) is 0.748. The van der Waals surface area contributed by atoms with Gasteiger partial charge < -0.3 is 10.3 Å². The van der Waals surface area contributed by atoms with Gasteiger partial charge in [-0.15, -0.1) is 0 Å². The molecule has 92 valence electrons. The number of anilines is 1. The van der Waals surface area contributed by atoms with E-state index in [0.717, 1.165) is 6.42 Å². The number of rotatable bonds is 4. The monoisotopic (exact) mass is 236 g/mol. The maximum absolute atomic E-state index is 12.0. The Morgan fingerprint density at radius 2 is 2.41 bits per heavy atom. The molecule has 0 bridgehead atoms. The highest BCUT2D eigenvalue weighted by Crippen LogP contribution is 2.20. The number of imide groups is 1. The fraction of sp³-hybridized carbons (Fsp3) is 0.545. The van der Waals surface area contributed by atoms with Crippen molar-refractivity contribution in [2.75, 3.05) is 5.32 Å². The molecule has 1 aliphatic rings. The first-order valence-electron chi connectivity index (χ1n) is 5.75. The average Bonchev–Trinajstić information content (AvgIpc) is 2.89. The average molecular weight is 236 g/mol. The van der Waals surface area contributed by atoms with Gasteiger partial charge in [0.1, 0.15) is 6.04 Å². The summed E-state index contributed by atoms with van der Waals surface area (Å²) in [5.41, 5.74) is 0. The first kappa shape index (κ1) is 11.6. The fourth-order valence-corrected chi connectivity index (χ4v) is 1.92. The van der Waals surface area contributed by atoms with E-state index in [0.29, 0.717) is 5.95 Å². The summed E-state index contributed by atoms with van der Waals surface area (Å²) in [6, 6.07) is -0.541. The second-order valence-corrected chi connectivity index (χ2v) is 4.20. The Hall–Kier alpha value is -1.85. The van der Waals surface area contributed by atoms with E-state index in [1.165, 1.54) is 4.90 Å². The first-order chi connectivity index (χ1) is 8.13. The van der Waals surface area contributed by atoms with Crippen LogP contribution in [0.2, 0.25) is 0 Å². The third-order valence-electron chi connectivity index (χ3n) is 3.02. The Morgan fingerprint density at radius 3 is 3.00 bits per heavy atom. The highest BCUT2D eigenvalue weighted by atomic mass is 16.2. The number of carbonyl (C=O) groups excluding carboxylic acids is 2. The zero-order valence-corrected chi connectivity index (χ0v) is 9.93. The number of imidazole rings is 1. The summed E-state index contributed by atoms with van der Waals surface area (Å²) >= 11 is 0. The van der Waals surface area contributed by atoms with Crippen molar-refractivity contribution in [3.05, 3.63) is 12.4 Å². The molecule has 0 aliphatic carbocycles. The molecule has 2 amide bonds. The van der Waals surface area contributed by atoms with Crippen LogP contribution in [0.5, 0.6) is 0 Å². The maximum atomic E-state index is 12.0. The molecule has 1 aromatic rings. The SMILES string of the molecule is CCC(C)N1C(=O)CC(Nc2ncc[nH]2)C1=O. The minimum absolute atomic E-state index is 0.0431. The van der Waals surface area contributed by atoms with Crippen LogP contribution in [0.3, 0.4) is 0 Å². The van der Waals surface area contributed by atoms with Crippen LogP contribution in [0.4, 0.5) is 5.95 Å². The molecular weight excluding hydrogens is 220 g/mol. The summed E-state index contributed by atoms with van der Waals surface area (Å²) in [7, 11) is 0. The maximum Gasteiger partial charge on any atom is 0.252 e. The van der Waals surface area contributed by atoms with E-state index in [4.69, 9.17) is 0 Å². The molecule has 2 atom stereocenters. The molecule has 1 fully saturated rings. The van der Waals surface area contributed by atoms with Gasteiger partial charge in [-0.25, -0.2) is 4.98 Å². The Morgan fingerprint density at radius 1 is 1.65 bits per heavy atom. The summed E-state index contributed by atoms with van der Waals surface area (Å²) in [5.74, 6) is 0.233. The van der Waals surface area contributed by atoms with Crippen LogP contribution in [-0.2, 0) is 9.59 Å². The van der Waals surface area contributed by atoms with Crippen LogP contribution in [0.1, 0.15) is 26.7 Å². The van der Waals surface area contributed by atoms with Crippen molar-refractivity contribution in [1.29, 1.82) is 0 Å². The predicted molar refractivity (Wildman–Crippen MR) is 62.2 cm³/mol. The minimum atomic E-state index is -0.498. The van der Waals surface area contributed by atoms with Crippen molar-refractivity contribution < 1.29 is 9.59 Å². The van der Waals surface area contributed by atoms with E-state index in [9.17, 15) is 9.59 Å². The van der Waals surface area contributed by atoms with Crippen LogP contribution in [0.25, 0.3) is 0 Å². The van der Waals surface area contributed by atoms with E-state index in [1.807, 2.05) is 13.8 Å². The van der Waals surface area contributed by atoms with Crippen molar-refractivity contribution in [2.24, 2.45) is 0 Å². The highest BCUT2D eigenvalue weighted by molar-refractivity contribution is 6.06. The number of hydrogen-bond donors (Lipinski definition) is 2. The summed E-state index contributed by atoms with van der Waals surface area (Å²) < 4.78 is 0. The summed E-state index contributed by atoms with van der Waals surface area (Å²) in [5, 5.41) is 2.93. The molecule has 1 aromatic heterocycles. The van der Waals surface area contributed by atoms with Gasteiger partial charge in [-0.3, -0.25) is 14.5 Å². The Bertz CT molecular complexity index is 415. The largest absolute Gasteiger partial charge is 0.343 e. The summed E-state index contributed by atoms with van der Waals surface area (Å²) in [4.78, 5) is 32.0. The van der Waals surface area contributed by atoms with Crippen LogP contribution in [0, 0.1) is 0 Å². The van der Waals surface area contributed by atoms with Gasteiger partial charge in [-0.2, -0.15) is 0 Å². The number of aromatic nitrogens is 2.